The van der Waals surface area contributed by atoms with Gasteiger partial charge in [-0.1, -0.05) is 48.0 Å². The van der Waals surface area contributed by atoms with Crippen LogP contribution in [0.4, 0.5) is 5.69 Å². The Labute approximate surface area is 167 Å². The van der Waals surface area contributed by atoms with Gasteiger partial charge in [0, 0.05) is 18.0 Å². The van der Waals surface area contributed by atoms with Crippen molar-refractivity contribution >= 4 is 28.8 Å². The molecule has 140 valence electrons. The Morgan fingerprint density at radius 1 is 1.07 bits per heavy atom. The maximum atomic E-state index is 12.7. The molecule has 2 aromatic heterocycles. The van der Waals surface area contributed by atoms with Crippen molar-refractivity contribution in [2.45, 2.75) is 13.0 Å². The highest BCUT2D eigenvalue weighted by Crippen LogP contribution is 2.28. The second-order valence-corrected chi connectivity index (χ2v) is 6.72. The summed E-state index contributed by atoms with van der Waals surface area (Å²) in [6, 6.07) is 20.5. The van der Waals surface area contributed by atoms with Gasteiger partial charge >= 0.3 is 0 Å². The van der Waals surface area contributed by atoms with E-state index in [4.69, 9.17) is 16.3 Å². The Bertz CT molecular complexity index is 1110. The summed E-state index contributed by atoms with van der Waals surface area (Å²) in [5.41, 5.74) is 3.13. The quantitative estimate of drug-likeness (QED) is 0.517. The van der Waals surface area contributed by atoms with E-state index in [9.17, 15) is 4.79 Å². The normalized spacial score (nSPS) is 11.9. The molecule has 28 heavy (non-hydrogen) atoms. The first-order valence-corrected chi connectivity index (χ1v) is 9.25. The average molecular weight is 392 g/mol. The number of aromatic nitrogens is 2. The lowest BCUT2D eigenvalue weighted by atomic mass is 10.1. The molecule has 4 aromatic rings. The Hall–Kier alpha value is -3.31. The molecule has 6 heteroatoms. The van der Waals surface area contributed by atoms with Gasteiger partial charge in [-0.3, -0.25) is 4.79 Å². The second-order valence-electron chi connectivity index (χ2n) is 6.32. The third kappa shape index (κ3) is 3.70. The lowest BCUT2D eigenvalue weighted by Crippen LogP contribution is -2.30. The van der Waals surface area contributed by atoms with Crippen molar-refractivity contribution in [3.05, 3.63) is 84.1 Å². The van der Waals surface area contributed by atoms with Gasteiger partial charge in [0.05, 0.1) is 16.4 Å². The van der Waals surface area contributed by atoms with Crippen LogP contribution in [0.3, 0.4) is 0 Å². The SMILES string of the molecule is CC(Oc1ccccc1Cl)C(=O)Nc1ccccc1-c1cn2ccccc2n1. The van der Waals surface area contributed by atoms with Crippen LogP contribution in [0.2, 0.25) is 5.02 Å². The van der Waals surface area contributed by atoms with Crippen LogP contribution < -0.4 is 10.1 Å². The zero-order chi connectivity index (χ0) is 19.5. The predicted molar refractivity (Wildman–Crippen MR) is 111 cm³/mol. The van der Waals surface area contributed by atoms with Crippen molar-refractivity contribution in [2.75, 3.05) is 5.32 Å². The first kappa shape index (κ1) is 18.1. The molecule has 2 heterocycles. The van der Waals surface area contributed by atoms with Crippen LogP contribution in [0.25, 0.3) is 16.9 Å². The monoisotopic (exact) mass is 391 g/mol. The van der Waals surface area contributed by atoms with E-state index in [0.29, 0.717) is 16.5 Å². The van der Waals surface area contributed by atoms with E-state index in [1.54, 1.807) is 19.1 Å². The number of nitrogens with one attached hydrogen (secondary N) is 1. The van der Waals surface area contributed by atoms with Gasteiger partial charge in [-0.25, -0.2) is 4.98 Å². The molecular formula is C22H18ClN3O2. The molecule has 0 aliphatic carbocycles. The lowest BCUT2D eigenvalue weighted by molar-refractivity contribution is -0.122. The Morgan fingerprint density at radius 2 is 1.82 bits per heavy atom. The third-order valence-corrected chi connectivity index (χ3v) is 4.65. The van der Waals surface area contributed by atoms with E-state index < -0.39 is 6.10 Å². The zero-order valence-corrected chi connectivity index (χ0v) is 15.9. The fourth-order valence-corrected chi connectivity index (χ4v) is 3.08. The summed E-state index contributed by atoms with van der Waals surface area (Å²) in [4.78, 5) is 17.3. The van der Waals surface area contributed by atoms with Crippen molar-refractivity contribution in [3.8, 4) is 17.0 Å². The van der Waals surface area contributed by atoms with Gasteiger partial charge in [-0.15, -0.1) is 0 Å². The van der Waals surface area contributed by atoms with Gasteiger partial charge in [0.2, 0.25) is 0 Å². The molecule has 0 radical (unpaired) electrons. The van der Waals surface area contributed by atoms with E-state index in [0.717, 1.165) is 16.9 Å². The summed E-state index contributed by atoms with van der Waals surface area (Å²) < 4.78 is 7.65. The zero-order valence-electron chi connectivity index (χ0n) is 15.2. The minimum Gasteiger partial charge on any atom is -0.479 e. The highest BCUT2D eigenvalue weighted by atomic mass is 35.5. The molecule has 0 fully saturated rings. The summed E-state index contributed by atoms with van der Waals surface area (Å²) in [7, 11) is 0. The smallest absolute Gasteiger partial charge is 0.265 e. The number of anilines is 1. The Kier molecular flexibility index (Phi) is 5.00. The number of carbonyl (C=O) groups is 1. The number of para-hydroxylation sites is 2. The fourth-order valence-electron chi connectivity index (χ4n) is 2.90. The van der Waals surface area contributed by atoms with Gasteiger partial charge in [-0.05, 0) is 37.3 Å². The van der Waals surface area contributed by atoms with Crippen molar-refractivity contribution in [1.82, 2.24) is 9.38 Å². The fraction of sp³-hybridized carbons (Fsp3) is 0.0909. The van der Waals surface area contributed by atoms with E-state index in [2.05, 4.69) is 10.3 Å². The highest BCUT2D eigenvalue weighted by molar-refractivity contribution is 6.32. The second kappa shape index (κ2) is 7.74. The maximum absolute atomic E-state index is 12.7. The van der Waals surface area contributed by atoms with E-state index >= 15 is 0 Å². The van der Waals surface area contributed by atoms with Crippen LogP contribution >= 0.6 is 11.6 Å². The Morgan fingerprint density at radius 3 is 2.64 bits per heavy atom. The molecule has 0 spiro atoms. The number of imidazole rings is 1. The van der Waals surface area contributed by atoms with Crippen molar-refractivity contribution < 1.29 is 9.53 Å². The number of halogens is 1. The van der Waals surface area contributed by atoms with Crippen LogP contribution in [0.1, 0.15) is 6.92 Å². The molecule has 1 N–H and O–H groups in total. The van der Waals surface area contributed by atoms with Crippen LogP contribution in [-0.4, -0.2) is 21.4 Å². The molecule has 1 amide bonds. The number of nitrogens with zero attached hydrogens (tertiary/aromatic N) is 2. The molecule has 1 unspecified atom stereocenters. The molecular weight excluding hydrogens is 374 g/mol. The lowest BCUT2D eigenvalue weighted by Gasteiger charge is -2.16. The summed E-state index contributed by atoms with van der Waals surface area (Å²) in [5.74, 6) is 0.205. The molecule has 5 nitrogen and oxygen atoms in total. The summed E-state index contributed by atoms with van der Waals surface area (Å²) >= 11 is 6.11. The number of hydrogen-bond donors (Lipinski definition) is 1. The Balaban J connectivity index is 1.56. The number of amides is 1. The topological polar surface area (TPSA) is 55.6 Å². The molecule has 0 aliphatic heterocycles. The largest absolute Gasteiger partial charge is 0.479 e. The van der Waals surface area contributed by atoms with Crippen LogP contribution in [-0.2, 0) is 4.79 Å². The summed E-state index contributed by atoms with van der Waals surface area (Å²) in [6.45, 7) is 1.69. The average Bonchev–Trinajstić information content (AvgIpc) is 3.14. The first-order valence-electron chi connectivity index (χ1n) is 8.87. The first-order chi connectivity index (χ1) is 13.6. The third-order valence-electron chi connectivity index (χ3n) is 4.33. The minimum atomic E-state index is -0.714. The van der Waals surface area contributed by atoms with Crippen molar-refractivity contribution in [3.63, 3.8) is 0 Å². The number of pyridine rings is 1. The van der Waals surface area contributed by atoms with E-state index in [1.807, 2.05) is 71.4 Å². The predicted octanol–water partition coefficient (Wildman–Crippen LogP) is 5.06. The minimum absolute atomic E-state index is 0.267. The number of carbonyl (C=O) groups excluding carboxylic acids is 1. The van der Waals surface area contributed by atoms with Crippen molar-refractivity contribution in [1.29, 1.82) is 0 Å². The maximum Gasteiger partial charge on any atom is 0.265 e. The standard InChI is InChI=1S/C22H18ClN3O2/c1-15(28-20-11-5-3-9-17(20)23)22(27)25-18-10-4-2-8-16(18)19-14-26-13-7-6-12-21(26)24-19/h2-15H,1H3,(H,25,27). The van der Waals surface area contributed by atoms with Gasteiger partial charge in [-0.2, -0.15) is 0 Å². The van der Waals surface area contributed by atoms with E-state index in [1.165, 1.54) is 0 Å². The van der Waals surface area contributed by atoms with Gasteiger partial charge < -0.3 is 14.5 Å². The number of benzene rings is 2. The van der Waals surface area contributed by atoms with Crippen LogP contribution in [0.5, 0.6) is 5.75 Å². The number of hydrogen-bond acceptors (Lipinski definition) is 3. The van der Waals surface area contributed by atoms with Gasteiger partial charge in [0.15, 0.2) is 6.10 Å². The molecule has 2 aromatic carbocycles. The molecule has 0 aliphatic rings. The van der Waals surface area contributed by atoms with Crippen molar-refractivity contribution in [2.24, 2.45) is 0 Å². The number of rotatable bonds is 5. The number of fused-ring (bicyclic) bond motifs is 1. The van der Waals surface area contributed by atoms with Gasteiger partial charge in [0.1, 0.15) is 11.4 Å². The van der Waals surface area contributed by atoms with Crippen LogP contribution in [0.15, 0.2) is 79.1 Å². The highest BCUT2D eigenvalue weighted by Gasteiger charge is 2.18. The van der Waals surface area contributed by atoms with Gasteiger partial charge in [0.25, 0.3) is 5.91 Å². The molecule has 0 saturated carbocycles. The summed E-state index contributed by atoms with van der Waals surface area (Å²) in [6.07, 6.45) is 3.16. The molecule has 1 atom stereocenters. The number of ether oxygens (including phenoxy) is 1. The van der Waals surface area contributed by atoms with Crippen LogP contribution in [0, 0.1) is 0 Å². The molecule has 0 saturated heterocycles. The van der Waals surface area contributed by atoms with E-state index in [-0.39, 0.29) is 5.91 Å². The summed E-state index contributed by atoms with van der Waals surface area (Å²) in [5, 5.41) is 3.40. The molecule has 4 rings (SSSR count). The molecule has 0 bridgehead atoms.